The normalized spacial score (nSPS) is 14.0. The number of carbonyl (C=O) groups is 1. The van der Waals surface area contributed by atoms with Gasteiger partial charge in [0.05, 0.1) is 23.9 Å². The van der Waals surface area contributed by atoms with Crippen molar-refractivity contribution in [2.45, 2.75) is 78.0 Å². The van der Waals surface area contributed by atoms with Gasteiger partial charge in [-0.2, -0.15) is 0 Å². The summed E-state index contributed by atoms with van der Waals surface area (Å²) in [5, 5.41) is 6.03. The molecule has 5 nitrogen and oxygen atoms in total. The lowest BCUT2D eigenvalue weighted by atomic mass is 10.0. The average molecular weight is 316 g/mol. The fourth-order valence-electron chi connectivity index (χ4n) is 2.18. The molecule has 0 spiro atoms. The van der Waals surface area contributed by atoms with Crippen LogP contribution in [0.5, 0.6) is 0 Å². The number of likely N-dealkylation sites (N-methyl/N-ethyl adjacent to an activating group) is 1. The van der Waals surface area contributed by atoms with E-state index in [-0.39, 0.29) is 23.2 Å². The first kappa shape index (κ1) is 21.4. The van der Waals surface area contributed by atoms with Gasteiger partial charge in [0.25, 0.3) is 0 Å². The van der Waals surface area contributed by atoms with E-state index in [1.807, 2.05) is 41.7 Å². The minimum Gasteiger partial charge on any atom is -0.373 e. The molecule has 0 bridgehead atoms. The van der Waals surface area contributed by atoms with Crippen LogP contribution in [0.3, 0.4) is 0 Å². The van der Waals surface area contributed by atoms with Gasteiger partial charge in [-0.15, -0.1) is 0 Å². The standard InChI is InChI=1S/C17H36N2O3/c1-8-10-14(18-7)15(20)19-12-11-16(3,4)22-13-17(5,6)21-9-2/h14,18H,8-13H2,1-7H3,(H,19,20). The van der Waals surface area contributed by atoms with E-state index >= 15 is 0 Å². The molecule has 0 rings (SSSR count). The maximum Gasteiger partial charge on any atom is 0.237 e. The summed E-state index contributed by atoms with van der Waals surface area (Å²) < 4.78 is 11.6. The van der Waals surface area contributed by atoms with Crippen molar-refractivity contribution in [3.8, 4) is 0 Å². The van der Waals surface area contributed by atoms with Gasteiger partial charge in [-0.1, -0.05) is 13.3 Å². The SMILES string of the molecule is CCCC(NC)C(=O)NCCC(C)(C)OCC(C)(C)OCC. The largest absolute Gasteiger partial charge is 0.373 e. The van der Waals surface area contributed by atoms with Crippen LogP contribution in [0.2, 0.25) is 0 Å². The topological polar surface area (TPSA) is 59.6 Å². The van der Waals surface area contributed by atoms with Crippen molar-refractivity contribution < 1.29 is 14.3 Å². The molecule has 22 heavy (non-hydrogen) atoms. The van der Waals surface area contributed by atoms with Gasteiger partial charge in [0, 0.05) is 13.2 Å². The molecule has 0 heterocycles. The van der Waals surface area contributed by atoms with Gasteiger partial charge in [0.15, 0.2) is 0 Å². The van der Waals surface area contributed by atoms with Crippen LogP contribution in [0.4, 0.5) is 0 Å². The van der Waals surface area contributed by atoms with E-state index in [4.69, 9.17) is 9.47 Å². The van der Waals surface area contributed by atoms with E-state index in [0.717, 1.165) is 19.3 Å². The zero-order valence-electron chi connectivity index (χ0n) is 15.5. The lowest BCUT2D eigenvalue weighted by Gasteiger charge is -2.32. The molecular formula is C17H36N2O3. The molecule has 1 unspecified atom stereocenters. The van der Waals surface area contributed by atoms with E-state index in [9.17, 15) is 4.79 Å². The molecule has 0 aliphatic rings. The number of rotatable bonds is 12. The highest BCUT2D eigenvalue weighted by atomic mass is 16.5. The lowest BCUT2D eigenvalue weighted by molar-refractivity contribution is -0.126. The highest BCUT2D eigenvalue weighted by molar-refractivity contribution is 5.81. The summed E-state index contributed by atoms with van der Waals surface area (Å²) in [6.45, 7) is 14.0. The van der Waals surface area contributed by atoms with Crippen LogP contribution < -0.4 is 10.6 Å². The fraction of sp³-hybridized carbons (Fsp3) is 0.941. The Kier molecular flexibility index (Phi) is 9.89. The monoisotopic (exact) mass is 316 g/mol. The van der Waals surface area contributed by atoms with E-state index in [1.165, 1.54) is 0 Å². The molecule has 0 aromatic carbocycles. The van der Waals surface area contributed by atoms with Crippen LogP contribution in [-0.4, -0.2) is 50.0 Å². The van der Waals surface area contributed by atoms with Gasteiger partial charge < -0.3 is 20.1 Å². The molecule has 0 aliphatic carbocycles. The predicted molar refractivity (Wildman–Crippen MR) is 91.1 cm³/mol. The molecule has 0 saturated carbocycles. The van der Waals surface area contributed by atoms with Gasteiger partial charge in [-0.25, -0.2) is 0 Å². The maximum absolute atomic E-state index is 12.0. The summed E-state index contributed by atoms with van der Waals surface area (Å²) in [4.78, 5) is 12.0. The quantitative estimate of drug-likeness (QED) is 0.581. The Bertz CT molecular complexity index is 317. The number of carbonyl (C=O) groups excluding carboxylic acids is 1. The molecular weight excluding hydrogens is 280 g/mol. The molecule has 0 aliphatic heterocycles. The van der Waals surface area contributed by atoms with Gasteiger partial charge in [-0.3, -0.25) is 4.79 Å². The molecule has 132 valence electrons. The van der Waals surface area contributed by atoms with Gasteiger partial charge in [-0.05, 0) is 54.5 Å². The molecule has 1 amide bonds. The molecule has 0 aromatic rings. The van der Waals surface area contributed by atoms with Crippen molar-refractivity contribution in [3.05, 3.63) is 0 Å². The zero-order valence-corrected chi connectivity index (χ0v) is 15.5. The van der Waals surface area contributed by atoms with Gasteiger partial charge >= 0.3 is 0 Å². The number of hydrogen-bond donors (Lipinski definition) is 2. The number of amides is 1. The van der Waals surface area contributed by atoms with Gasteiger partial charge in [0.1, 0.15) is 0 Å². The van der Waals surface area contributed by atoms with E-state index < -0.39 is 0 Å². The third-order valence-electron chi connectivity index (χ3n) is 3.61. The van der Waals surface area contributed by atoms with Crippen molar-refractivity contribution >= 4 is 5.91 Å². The van der Waals surface area contributed by atoms with Crippen molar-refractivity contribution in [1.29, 1.82) is 0 Å². The van der Waals surface area contributed by atoms with Crippen LogP contribution in [0.1, 0.15) is 60.8 Å². The molecule has 2 N–H and O–H groups in total. The second kappa shape index (κ2) is 10.2. The minimum absolute atomic E-state index is 0.0646. The van der Waals surface area contributed by atoms with Crippen LogP contribution in [0.15, 0.2) is 0 Å². The molecule has 0 fully saturated rings. The Balaban J connectivity index is 4.14. The van der Waals surface area contributed by atoms with E-state index in [1.54, 1.807) is 0 Å². The van der Waals surface area contributed by atoms with Crippen LogP contribution in [-0.2, 0) is 14.3 Å². The first-order valence-corrected chi connectivity index (χ1v) is 8.40. The van der Waals surface area contributed by atoms with Crippen LogP contribution in [0, 0.1) is 0 Å². The zero-order chi connectivity index (χ0) is 17.2. The fourth-order valence-corrected chi connectivity index (χ4v) is 2.18. The third kappa shape index (κ3) is 9.38. The highest BCUT2D eigenvalue weighted by Crippen LogP contribution is 2.18. The minimum atomic E-state index is -0.290. The number of hydrogen-bond acceptors (Lipinski definition) is 4. The summed E-state index contributed by atoms with van der Waals surface area (Å²) in [6, 6.07) is -0.106. The Hall–Kier alpha value is -0.650. The molecule has 1 atom stereocenters. The second-order valence-corrected chi connectivity index (χ2v) is 6.91. The average Bonchev–Trinajstić information content (AvgIpc) is 2.42. The summed E-state index contributed by atoms with van der Waals surface area (Å²) >= 11 is 0. The Morgan fingerprint density at radius 2 is 1.73 bits per heavy atom. The van der Waals surface area contributed by atoms with E-state index in [0.29, 0.717) is 19.8 Å². The van der Waals surface area contributed by atoms with Crippen molar-refractivity contribution in [1.82, 2.24) is 10.6 Å². The smallest absolute Gasteiger partial charge is 0.237 e. The number of nitrogens with one attached hydrogen (secondary N) is 2. The Labute approximate surface area is 136 Å². The van der Waals surface area contributed by atoms with Crippen molar-refractivity contribution in [2.75, 3.05) is 26.8 Å². The first-order chi connectivity index (χ1) is 10.2. The Morgan fingerprint density at radius 3 is 2.23 bits per heavy atom. The van der Waals surface area contributed by atoms with Crippen LogP contribution in [0.25, 0.3) is 0 Å². The second-order valence-electron chi connectivity index (χ2n) is 6.91. The first-order valence-electron chi connectivity index (χ1n) is 8.40. The predicted octanol–water partition coefficient (Wildman–Crippen LogP) is 2.49. The van der Waals surface area contributed by atoms with E-state index in [2.05, 4.69) is 17.6 Å². The number of ether oxygens (including phenoxy) is 2. The lowest BCUT2D eigenvalue weighted by Crippen LogP contribution is -2.44. The van der Waals surface area contributed by atoms with Crippen molar-refractivity contribution in [2.24, 2.45) is 0 Å². The maximum atomic E-state index is 12.0. The van der Waals surface area contributed by atoms with Crippen LogP contribution >= 0.6 is 0 Å². The molecule has 0 aromatic heterocycles. The highest BCUT2D eigenvalue weighted by Gasteiger charge is 2.25. The van der Waals surface area contributed by atoms with Crippen molar-refractivity contribution in [3.63, 3.8) is 0 Å². The molecule has 5 heteroatoms. The molecule has 0 radical (unpaired) electrons. The van der Waals surface area contributed by atoms with Gasteiger partial charge in [0.2, 0.25) is 5.91 Å². The summed E-state index contributed by atoms with van der Waals surface area (Å²) in [5.41, 5.74) is -0.574. The summed E-state index contributed by atoms with van der Waals surface area (Å²) in [6.07, 6.45) is 2.61. The molecule has 0 saturated heterocycles. The third-order valence-corrected chi connectivity index (χ3v) is 3.61. The summed E-state index contributed by atoms with van der Waals surface area (Å²) in [5.74, 6) is 0.0646. The Morgan fingerprint density at radius 1 is 1.09 bits per heavy atom. The summed E-state index contributed by atoms with van der Waals surface area (Å²) in [7, 11) is 1.82.